The number of nitrogens with one attached hydrogen (secondary N) is 1. The van der Waals surface area contributed by atoms with Crippen LogP contribution in [-0.2, 0) is 16.0 Å². The third kappa shape index (κ3) is 7.31. The lowest BCUT2D eigenvalue weighted by molar-refractivity contribution is -0.135. The van der Waals surface area contributed by atoms with Crippen LogP contribution in [0.3, 0.4) is 0 Å². The van der Waals surface area contributed by atoms with Crippen LogP contribution in [0.4, 0.5) is 0 Å². The zero-order chi connectivity index (χ0) is 22.8. The van der Waals surface area contributed by atoms with Gasteiger partial charge in [-0.2, -0.15) is 11.8 Å². The number of fused-ring (bicyclic) bond motifs is 1. The Morgan fingerprint density at radius 1 is 1.16 bits per heavy atom. The van der Waals surface area contributed by atoms with Crippen molar-refractivity contribution in [1.82, 2.24) is 10.2 Å². The van der Waals surface area contributed by atoms with E-state index in [9.17, 15) is 9.59 Å². The number of aryl methyl sites for hydroxylation is 1. The Morgan fingerprint density at radius 2 is 1.91 bits per heavy atom. The number of nitrogens with zero attached hydrogens (tertiary/aromatic N) is 1. The van der Waals surface area contributed by atoms with Gasteiger partial charge in [0.1, 0.15) is 6.54 Å². The van der Waals surface area contributed by atoms with E-state index in [4.69, 9.17) is 0 Å². The summed E-state index contributed by atoms with van der Waals surface area (Å²) in [5, 5.41) is 3.44. The van der Waals surface area contributed by atoms with Crippen LogP contribution in [0.2, 0.25) is 0 Å². The highest BCUT2D eigenvalue weighted by Crippen LogP contribution is 2.42. The van der Waals surface area contributed by atoms with Crippen LogP contribution in [0, 0.1) is 0 Å². The van der Waals surface area contributed by atoms with Crippen molar-refractivity contribution in [3.8, 4) is 0 Å². The first kappa shape index (κ1) is 25.2. The van der Waals surface area contributed by atoms with E-state index in [1.165, 1.54) is 30.6 Å². The summed E-state index contributed by atoms with van der Waals surface area (Å²) in [5.41, 5.74) is 2.35. The molecule has 2 amide bonds. The van der Waals surface area contributed by atoms with E-state index in [2.05, 4.69) is 43.4 Å². The van der Waals surface area contributed by atoms with Crippen LogP contribution in [-0.4, -0.2) is 52.6 Å². The van der Waals surface area contributed by atoms with Crippen LogP contribution >= 0.6 is 23.5 Å². The minimum Gasteiger partial charge on any atom is -0.355 e. The summed E-state index contributed by atoms with van der Waals surface area (Å²) in [4.78, 5) is 28.7. The van der Waals surface area contributed by atoms with Gasteiger partial charge in [-0.05, 0) is 60.8 Å². The maximum Gasteiger partial charge on any atom is 0.261 e. The van der Waals surface area contributed by atoms with E-state index in [1.807, 2.05) is 22.7 Å². The molecule has 1 aliphatic heterocycles. The number of amides is 2. The summed E-state index contributed by atoms with van der Waals surface area (Å²) in [6, 6.07) is 8.60. The van der Waals surface area contributed by atoms with Gasteiger partial charge < -0.3 is 10.2 Å². The summed E-state index contributed by atoms with van der Waals surface area (Å²) < 4.78 is 0. The number of hydrogen-bond donors (Lipinski definition) is 1. The number of carbonyl (C=O) groups excluding carboxylic acids is 2. The molecular formula is C26H38N2O2S2. The van der Waals surface area contributed by atoms with E-state index in [-0.39, 0.29) is 24.4 Å². The highest BCUT2D eigenvalue weighted by atomic mass is 32.2. The summed E-state index contributed by atoms with van der Waals surface area (Å²) >= 11 is 3.68. The second-order valence-electron chi connectivity index (χ2n) is 8.71. The molecule has 1 saturated heterocycles. The Bertz CT molecular complexity index is 779. The van der Waals surface area contributed by atoms with Crippen molar-refractivity contribution in [2.45, 2.75) is 76.5 Å². The SMILES string of the molecule is CCCCSCCCNC(=O)CN1C(=O)/C(=C/c2ccc(CC)cc2)SC2CCCCC21. The summed E-state index contributed by atoms with van der Waals surface area (Å²) in [7, 11) is 0. The first-order valence-electron chi connectivity index (χ1n) is 12.2. The number of thioether (sulfide) groups is 2. The highest BCUT2D eigenvalue weighted by Gasteiger charge is 2.41. The molecule has 2 unspecified atom stereocenters. The summed E-state index contributed by atoms with van der Waals surface area (Å²) in [5.74, 6) is 2.26. The van der Waals surface area contributed by atoms with E-state index in [0.29, 0.717) is 11.8 Å². The second kappa shape index (κ2) is 13.3. The molecule has 32 heavy (non-hydrogen) atoms. The molecule has 4 nitrogen and oxygen atoms in total. The Balaban J connectivity index is 1.60. The maximum absolute atomic E-state index is 13.4. The van der Waals surface area contributed by atoms with Gasteiger partial charge in [0.05, 0.1) is 4.91 Å². The van der Waals surface area contributed by atoms with Crippen LogP contribution in [0.25, 0.3) is 6.08 Å². The molecule has 1 heterocycles. The largest absolute Gasteiger partial charge is 0.355 e. The smallest absolute Gasteiger partial charge is 0.261 e. The molecule has 2 fully saturated rings. The predicted molar refractivity (Wildman–Crippen MR) is 139 cm³/mol. The van der Waals surface area contributed by atoms with Gasteiger partial charge in [-0.1, -0.05) is 57.4 Å². The van der Waals surface area contributed by atoms with Gasteiger partial charge in [0, 0.05) is 17.8 Å². The first-order chi connectivity index (χ1) is 15.6. The molecule has 0 aromatic heterocycles. The van der Waals surface area contributed by atoms with Crippen molar-refractivity contribution < 1.29 is 9.59 Å². The summed E-state index contributed by atoms with van der Waals surface area (Å²) in [6.07, 6.45) is 10.9. The second-order valence-corrected chi connectivity index (χ2v) is 11.2. The van der Waals surface area contributed by atoms with E-state index in [0.717, 1.165) is 48.3 Å². The third-order valence-corrected chi connectivity index (χ3v) is 8.80. The molecule has 1 aliphatic carbocycles. The lowest BCUT2D eigenvalue weighted by Crippen LogP contribution is -2.54. The first-order valence-corrected chi connectivity index (χ1v) is 14.3. The molecular weight excluding hydrogens is 436 g/mol. The van der Waals surface area contributed by atoms with E-state index in [1.54, 1.807) is 11.8 Å². The third-order valence-electron chi connectivity index (χ3n) is 6.25. The van der Waals surface area contributed by atoms with Crippen LogP contribution in [0.15, 0.2) is 29.2 Å². The topological polar surface area (TPSA) is 49.4 Å². The lowest BCUT2D eigenvalue weighted by Gasteiger charge is -2.43. The van der Waals surface area contributed by atoms with Gasteiger partial charge in [-0.25, -0.2) is 0 Å². The molecule has 2 atom stereocenters. The van der Waals surface area contributed by atoms with E-state index >= 15 is 0 Å². The van der Waals surface area contributed by atoms with Crippen LogP contribution in [0.1, 0.15) is 69.9 Å². The van der Waals surface area contributed by atoms with Crippen molar-refractivity contribution in [2.24, 2.45) is 0 Å². The predicted octanol–water partition coefficient (Wildman–Crippen LogP) is 5.52. The minimum atomic E-state index is -0.0280. The fourth-order valence-corrected chi connectivity index (χ4v) is 6.84. The quantitative estimate of drug-likeness (QED) is 0.339. The number of carbonyl (C=O) groups is 2. The molecule has 0 radical (unpaired) electrons. The Morgan fingerprint density at radius 3 is 2.66 bits per heavy atom. The molecule has 2 aliphatic rings. The van der Waals surface area contributed by atoms with Crippen molar-refractivity contribution >= 4 is 41.4 Å². The maximum atomic E-state index is 13.4. The van der Waals surface area contributed by atoms with Gasteiger partial charge >= 0.3 is 0 Å². The van der Waals surface area contributed by atoms with Gasteiger partial charge in [0.25, 0.3) is 5.91 Å². The van der Waals surface area contributed by atoms with Gasteiger partial charge in [-0.3, -0.25) is 9.59 Å². The number of unbranched alkanes of at least 4 members (excludes halogenated alkanes) is 1. The van der Waals surface area contributed by atoms with E-state index < -0.39 is 0 Å². The number of rotatable bonds is 11. The molecule has 3 rings (SSSR count). The Hall–Kier alpha value is -1.40. The summed E-state index contributed by atoms with van der Waals surface area (Å²) in [6.45, 7) is 5.22. The zero-order valence-corrected chi connectivity index (χ0v) is 21.2. The standard InChI is InChI=1S/C26H38N2O2S2/c1-3-5-16-31-17-8-15-27-25(29)19-28-22-9-6-7-10-23(22)32-24(26(28)30)18-21-13-11-20(4-2)12-14-21/h11-14,18,22-23H,3-10,15-17,19H2,1-2H3,(H,27,29)/b24-18-. The van der Waals surface area contributed by atoms with Crippen LogP contribution < -0.4 is 5.32 Å². The molecule has 1 N–H and O–H groups in total. The molecule has 0 bridgehead atoms. The van der Waals surface area contributed by atoms with Gasteiger partial charge in [0.15, 0.2) is 0 Å². The average Bonchev–Trinajstić information content (AvgIpc) is 2.81. The monoisotopic (exact) mass is 474 g/mol. The molecule has 0 spiro atoms. The fraction of sp³-hybridized carbons (Fsp3) is 0.615. The normalized spacial score (nSPS) is 22.1. The molecule has 1 aromatic carbocycles. The molecule has 1 aromatic rings. The van der Waals surface area contributed by atoms with Crippen molar-refractivity contribution in [2.75, 3.05) is 24.6 Å². The van der Waals surface area contributed by atoms with Crippen molar-refractivity contribution in [1.29, 1.82) is 0 Å². The van der Waals surface area contributed by atoms with Gasteiger partial charge in [0.2, 0.25) is 5.91 Å². The highest BCUT2D eigenvalue weighted by molar-refractivity contribution is 8.04. The van der Waals surface area contributed by atoms with Crippen molar-refractivity contribution in [3.05, 3.63) is 40.3 Å². The fourth-order valence-electron chi connectivity index (χ4n) is 4.32. The van der Waals surface area contributed by atoms with Crippen LogP contribution in [0.5, 0.6) is 0 Å². The molecule has 1 saturated carbocycles. The number of benzene rings is 1. The van der Waals surface area contributed by atoms with Gasteiger partial charge in [-0.15, -0.1) is 11.8 Å². The Kier molecular flexibility index (Phi) is 10.5. The lowest BCUT2D eigenvalue weighted by atomic mass is 9.93. The zero-order valence-electron chi connectivity index (χ0n) is 19.6. The number of hydrogen-bond acceptors (Lipinski definition) is 4. The molecule has 176 valence electrons. The molecule has 6 heteroatoms. The minimum absolute atomic E-state index is 0.0167. The van der Waals surface area contributed by atoms with Crippen molar-refractivity contribution in [3.63, 3.8) is 0 Å². The average molecular weight is 475 g/mol. The Labute approximate surface area is 202 Å².